The lowest BCUT2D eigenvalue weighted by molar-refractivity contribution is -0.172. The number of aliphatic hydroxyl groups is 1. The molecular formula is C13H21NO3. The Morgan fingerprint density at radius 2 is 2.00 bits per heavy atom. The first-order valence-corrected chi connectivity index (χ1v) is 6.49. The molecule has 0 bridgehead atoms. The van der Waals surface area contributed by atoms with E-state index in [2.05, 4.69) is 13.0 Å². The predicted octanol–water partition coefficient (Wildman–Crippen LogP) is 1.63. The van der Waals surface area contributed by atoms with Gasteiger partial charge in [-0.15, -0.1) is 0 Å². The molecule has 2 fully saturated rings. The number of nitrogens with zero attached hydrogens (tertiary/aromatic N) is 1. The van der Waals surface area contributed by atoms with Crippen LogP contribution in [0.2, 0.25) is 0 Å². The van der Waals surface area contributed by atoms with Crippen LogP contribution < -0.4 is 0 Å². The molecule has 17 heavy (non-hydrogen) atoms. The summed E-state index contributed by atoms with van der Waals surface area (Å²) in [5.74, 6) is 0. The number of hydrogen-bond donors (Lipinski definition) is 1. The van der Waals surface area contributed by atoms with Crippen LogP contribution in [0.5, 0.6) is 0 Å². The van der Waals surface area contributed by atoms with E-state index in [1.165, 1.54) is 0 Å². The van der Waals surface area contributed by atoms with E-state index in [1.807, 2.05) is 0 Å². The maximum atomic E-state index is 10.9. The first-order chi connectivity index (χ1) is 8.16. The van der Waals surface area contributed by atoms with Crippen molar-refractivity contribution < 1.29 is 14.6 Å². The third-order valence-electron chi connectivity index (χ3n) is 4.34. The van der Waals surface area contributed by atoms with Crippen molar-refractivity contribution >= 4 is 0 Å². The lowest BCUT2D eigenvalue weighted by Crippen LogP contribution is -2.55. The quantitative estimate of drug-likeness (QED) is 0.795. The third kappa shape index (κ3) is 2.20. The van der Waals surface area contributed by atoms with Gasteiger partial charge in [0, 0.05) is 32.7 Å². The van der Waals surface area contributed by atoms with Crippen molar-refractivity contribution in [1.29, 1.82) is 5.26 Å². The van der Waals surface area contributed by atoms with E-state index in [1.54, 1.807) is 0 Å². The van der Waals surface area contributed by atoms with E-state index < -0.39 is 11.0 Å². The molecular weight excluding hydrogens is 218 g/mol. The molecule has 0 aromatic rings. The van der Waals surface area contributed by atoms with Gasteiger partial charge in [-0.2, -0.15) is 5.26 Å². The van der Waals surface area contributed by atoms with E-state index in [9.17, 15) is 10.4 Å². The fraction of sp³-hybridized carbons (Fsp3) is 0.923. The Morgan fingerprint density at radius 1 is 1.29 bits per heavy atom. The molecule has 0 aromatic heterocycles. The van der Waals surface area contributed by atoms with Gasteiger partial charge in [-0.1, -0.05) is 6.92 Å². The SMILES string of the molecule is CCC1CC(O)(C2(C#N)CCOCC2)CCO1. The Labute approximate surface area is 103 Å². The van der Waals surface area contributed by atoms with Crippen molar-refractivity contribution in [1.82, 2.24) is 0 Å². The molecule has 0 amide bonds. The van der Waals surface area contributed by atoms with Gasteiger partial charge in [0.25, 0.3) is 0 Å². The van der Waals surface area contributed by atoms with E-state index in [0.717, 1.165) is 6.42 Å². The van der Waals surface area contributed by atoms with Crippen LogP contribution in [-0.4, -0.2) is 36.6 Å². The first kappa shape index (κ1) is 12.8. The summed E-state index contributed by atoms with van der Waals surface area (Å²) >= 11 is 0. The van der Waals surface area contributed by atoms with E-state index >= 15 is 0 Å². The van der Waals surface area contributed by atoms with Crippen LogP contribution in [-0.2, 0) is 9.47 Å². The summed E-state index contributed by atoms with van der Waals surface area (Å²) in [6, 6.07) is 2.39. The fourth-order valence-electron chi connectivity index (χ4n) is 3.03. The van der Waals surface area contributed by atoms with E-state index in [-0.39, 0.29) is 6.10 Å². The number of nitriles is 1. The van der Waals surface area contributed by atoms with Crippen LogP contribution in [0.1, 0.15) is 39.0 Å². The van der Waals surface area contributed by atoms with E-state index in [0.29, 0.717) is 45.5 Å². The molecule has 4 heteroatoms. The average Bonchev–Trinajstić information content (AvgIpc) is 2.39. The van der Waals surface area contributed by atoms with Gasteiger partial charge in [0.2, 0.25) is 0 Å². The maximum Gasteiger partial charge on any atom is 0.0905 e. The van der Waals surface area contributed by atoms with Crippen molar-refractivity contribution in [3.63, 3.8) is 0 Å². The van der Waals surface area contributed by atoms with Gasteiger partial charge in [0.1, 0.15) is 0 Å². The second-order valence-electron chi connectivity index (χ2n) is 5.19. The van der Waals surface area contributed by atoms with Crippen LogP contribution in [0, 0.1) is 16.7 Å². The van der Waals surface area contributed by atoms with Crippen molar-refractivity contribution in [3.05, 3.63) is 0 Å². The monoisotopic (exact) mass is 239 g/mol. The molecule has 0 spiro atoms. The molecule has 2 atom stereocenters. The van der Waals surface area contributed by atoms with Crippen LogP contribution in [0.15, 0.2) is 0 Å². The summed E-state index contributed by atoms with van der Waals surface area (Å²) in [6.45, 7) is 3.76. The van der Waals surface area contributed by atoms with Crippen LogP contribution >= 0.6 is 0 Å². The highest BCUT2D eigenvalue weighted by Gasteiger charge is 2.53. The molecule has 2 saturated heterocycles. The normalized spacial score (nSPS) is 37.4. The van der Waals surface area contributed by atoms with Crippen LogP contribution in [0.3, 0.4) is 0 Å². The first-order valence-electron chi connectivity index (χ1n) is 6.49. The molecule has 0 radical (unpaired) electrons. The predicted molar refractivity (Wildman–Crippen MR) is 62.3 cm³/mol. The maximum absolute atomic E-state index is 10.9. The molecule has 1 N–H and O–H groups in total. The molecule has 0 aromatic carbocycles. The summed E-state index contributed by atoms with van der Waals surface area (Å²) in [5.41, 5.74) is -1.53. The zero-order valence-corrected chi connectivity index (χ0v) is 10.4. The van der Waals surface area contributed by atoms with Gasteiger partial charge in [-0.05, 0) is 19.3 Å². The number of rotatable bonds is 2. The Morgan fingerprint density at radius 3 is 2.59 bits per heavy atom. The summed E-state index contributed by atoms with van der Waals surface area (Å²) < 4.78 is 10.9. The van der Waals surface area contributed by atoms with Gasteiger partial charge < -0.3 is 14.6 Å². The Kier molecular flexibility index (Phi) is 3.72. The van der Waals surface area contributed by atoms with Crippen LogP contribution in [0.4, 0.5) is 0 Å². The topological polar surface area (TPSA) is 62.5 Å². The second kappa shape index (κ2) is 4.93. The van der Waals surface area contributed by atoms with E-state index in [4.69, 9.17) is 9.47 Å². The lowest BCUT2D eigenvalue weighted by atomic mass is 9.63. The van der Waals surface area contributed by atoms with Crippen molar-refractivity contribution in [2.75, 3.05) is 19.8 Å². The highest BCUT2D eigenvalue weighted by atomic mass is 16.5. The average molecular weight is 239 g/mol. The Balaban J connectivity index is 2.19. The van der Waals surface area contributed by atoms with Gasteiger partial charge in [0.05, 0.1) is 23.2 Å². The highest BCUT2D eigenvalue weighted by Crippen LogP contribution is 2.47. The van der Waals surface area contributed by atoms with Crippen molar-refractivity contribution in [2.45, 2.75) is 50.7 Å². The molecule has 2 unspecified atom stereocenters. The largest absolute Gasteiger partial charge is 0.388 e. The third-order valence-corrected chi connectivity index (χ3v) is 4.34. The minimum atomic E-state index is -0.898. The lowest BCUT2D eigenvalue weighted by Gasteiger charge is -2.48. The Hall–Kier alpha value is -0.630. The molecule has 0 aliphatic carbocycles. The van der Waals surface area contributed by atoms with Crippen LogP contribution in [0.25, 0.3) is 0 Å². The van der Waals surface area contributed by atoms with Crippen molar-refractivity contribution in [2.24, 2.45) is 5.41 Å². The molecule has 4 nitrogen and oxygen atoms in total. The molecule has 2 aliphatic heterocycles. The summed E-state index contributed by atoms with van der Waals surface area (Å²) in [7, 11) is 0. The minimum Gasteiger partial charge on any atom is -0.388 e. The van der Waals surface area contributed by atoms with Gasteiger partial charge >= 0.3 is 0 Å². The molecule has 0 saturated carbocycles. The minimum absolute atomic E-state index is 0.0850. The number of hydrogen-bond acceptors (Lipinski definition) is 4. The number of ether oxygens (including phenoxy) is 2. The van der Waals surface area contributed by atoms with Gasteiger partial charge in [0.15, 0.2) is 0 Å². The zero-order valence-electron chi connectivity index (χ0n) is 10.4. The fourth-order valence-corrected chi connectivity index (χ4v) is 3.03. The smallest absolute Gasteiger partial charge is 0.0905 e. The standard InChI is InChI=1S/C13H21NO3/c1-2-11-9-13(15,5-8-17-11)12(10-14)3-6-16-7-4-12/h11,15H,2-9H2,1H3. The molecule has 2 heterocycles. The molecule has 2 aliphatic rings. The molecule has 2 rings (SSSR count). The summed E-state index contributed by atoms with van der Waals surface area (Å²) in [4.78, 5) is 0. The van der Waals surface area contributed by atoms with Gasteiger partial charge in [-0.25, -0.2) is 0 Å². The zero-order chi connectivity index (χ0) is 12.4. The van der Waals surface area contributed by atoms with Crippen molar-refractivity contribution in [3.8, 4) is 6.07 Å². The molecule has 96 valence electrons. The Bertz CT molecular complexity index is 306. The highest BCUT2D eigenvalue weighted by molar-refractivity contribution is 5.13. The van der Waals surface area contributed by atoms with Gasteiger partial charge in [-0.3, -0.25) is 0 Å². The summed E-state index contributed by atoms with van der Waals surface area (Å²) in [6.07, 6.45) is 3.39. The summed E-state index contributed by atoms with van der Waals surface area (Å²) in [5, 5.41) is 20.4. The second-order valence-corrected chi connectivity index (χ2v) is 5.19.